The lowest BCUT2D eigenvalue weighted by Crippen LogP contribution is -2.36. The fourth-order valence-corrected chi connectivity index (χ4v) is 7.37. The summed E-state index contributed by atoms with van der Waals surface area (Å²) in [5.41, 5.74) is 3.80. The van der Waals surface area contributed by atoms with Crippen LogP contribution in [0.3, 0.4) is 0 Å². The van der Waals surface area contributed by atoms with Crippen LogP contribution in [0.1, 0.15) is 36.8 Å². The Hall–Kier alpha value is -1.14. The third-order valence-corrected chi connectivity index (χ3v) is 9.73. The Morgan fingerprint density at radius 3 is 2.10 bits per heavy atom. The maximum atomic E-state index is 13.0. The van der Waals surface area contributed by atoms with Crippen molar-refractivity contribution < 1.29 is 13.2 Å². The van der Waals surface area contributed by atoms with Crippen molar-refractivity contribution in [2.45, 2.75) is 49.7 Å². The van der Waals surface area contributed by atoms with Crippen LogP contribution in [-0.4, -0.2) is 90.4 Å². The van der Waals surface area contributed by atoms with Crippen LogP contribution in [0, 0.1) is 0 Å². The smallest absolute Gasteiger partial charge is 0.378 e. The van der Waals surface area contributed by atoms with E-state index in [0.717, 1.165) is 75.7 Å². The molecule has 40 heavy (non-hydrogen) atoms. The van der Waals surface area contributed by atoms with Gasteiger partial charge in [-0.25, -0.2) is 12.9 Å². The normalized spacial score (nSPS) is 19.6. The average molecular weight is 616 g/mol. The first-order chi connectivity index (χ1) is 19.1. The Morgan fingerprint density at radius 2 is 1.45 bits per heavy atom. The summed E-state index contributed by atoms with van der Waals surface area (Å²) in [7, 11) is 4.07. The predicted octanol–water partition coefficient (Wildman–Crippen LogP) is 7.08. The van der Waals surface area contributed by atoms with Gasteiger partial charge in [0, 0.05) is 87.6 Å². The van der Waals surface area contributed by atoms with Gasteiger partial charge in [0.05, 0.1) is 6.42 Å². The molecule has 2 aliphatic rings. The van der Waals surface area contributed by atoms with Crippen LogP contribution < -0.4 is 4.90 Å². The number of alkyl halides is 3. The Labute approximate surface area is 251 Å². The van der Waals surface area contributed by atoms with Gasteiger partial charge in [-0.2, -0.15) is 13.2 Å². The lowest BCUT2D eigenvalue weighted by molar-refractivity contribution is -0.138. The monoisotopic (exact) mass is 615 g/mol. The van der Waals surface area contributed by atoms with E-state index in [9.17, 15) is 13.2 Å². The molecule has 0 amide bonds. The van der Waals surface area contributed by atoms with Crippen molar-refractivity contribution in [3.05, 3.63) is 58.6 Å². The SMILES string of the molecule is CN(C)c1ccc(SN2CCCN(CCC(F)(F)F)CCCN(SN3CCc4cc(Cl)ccc4C3)CCC2)cc1. The van der Waals surface area contributed by atoms with Crippen molar-refractivity contribution in [1.82, 2.24) is 17.8 Å². The lowest BCUT2D eigenvalue weighted by Gasteiger charge is -2.34. The van der Waals surface area contributed by atoms with Crippen molar-refractivity contribution in [1.29, 1.82) is 0 Å². The minimum atomic E-state index is -4.12. The van der Waals surface area contributed by atoms with Gasteiger partial charge in [0.15, 0.2) is 0 Å². The first kappa shape index (κ1) is 31.8. The first-order valence-electron chi connectivity index (χ1n) is 14.1. The van der Waals surface area contributed by atoms with E-state index in [4.69, 9.17) is 11.6 Å². The van der Waals surface area contributed by atoms with Gasteiger partial charge in [-0.1, -0.05) is 17.7 Å². The van der Waals surface area contributed by atoms with E-state index < -0.39 is 12.6 Å². The van der Waals surface area contributed by atoms with Gasteiger partial charge in [0.25, 0.3) is 0 Å². The molecule has 0 saturated carbocycles. The number of benzene rings is 2. The maximum absolute atomic E-state index is 13.0. The molecule has 2 aromatic rings. The number of fused-ring (bicyclic) bond motifs is 1. The standard InChI is InChI=1S/C29H41ClF3N5S2/c1-34(2)27-8-10-28(11-9-27)39-36-16-3-14-35(21-13-29(31,32)33)15-4-18-37(19-5-17-36)40-38-20-12-24-22-26(30)7-6-25(24)23-38/h6-11,22H,3-5,12-21,23H2,1-2H3. The second-order valence-corrected chi connectivity index (χ2v) is 13.5. The first-order valence-corrected chi connectivity index (χ1v) is 16.0. The zero-order chi connectivity index (χ0) is 28.5. The fourth-order valence-electron chi connectivity index (χ4n) is 5.06. The topological polar surface area (TPSA) is 16.2 Å². The van der Waals surface area contributed by atoms with Crippen molar-refractivity contribution >= 4 is 41.4 Å². The summed E-state index contributed by atoms with van der Waals surface area (Å²) >= 11 is 9.74. The zero-order valence-corrected chi connectivity index (χ0v) is 25.9. The summed E-state index contributed by atoms with van der Waals surface area (Å²) in [6.45, 7) is 6.85. The number of nitrogens with zero attached hydrogens (tertiary/aromatic N) is 5. The number of halogens is 4. The molecule has 0 aliphatic carbocycles. The highest BCUT2D eigenvalue weighted by Crippen LogP contribution is 2.30. The summed E-state index contributed by atoms with van der Waals surface area (Å²) in [4.78, 5) is 5.28. The van der Waals surface area contributed by atoms with Crippen LogP contribution in [-0.2, 0) is 13.0 Å². The molecule has 5 nitrogen and oxygen atoms in total. The van der Waals surface area contributed by atoms with Gasteiger partial charge < -0.3 is 9.80 Å². The number of rotatable bonds is 7. The van der Waals surface area contributed by atoms with Crippen LogP contribution >= 0.6 is 35.7 Å². The number of anilines is 1. The van der Waals surface area contributed by atoms with Crippen molar-refractivity contribution in [2.24, 2.45) is 0 Å². The average Bonchev–Trinajstić information content (AvgIpc) is 2.90. The van der Waals surface area contributed by atoms with E-state index in [1.54, 1.807) is 24.1 Å². The molecule has 0 bridgehead atoms. The minimum Gasteiger partial charge on any atom is -0.378 e. The molecular formula is C29H41ClF3N5S2. The van der Waals surface area contributed by atoms with Crippen molar-refractivity contribution in [2.75, 3.05) is 71.4 Å². The molecule has 0 unspecified atom stereocenters. The molecule has 0 radical (unpaired) electrons. The third-order valence-electron chi connectivity index (χ3n) is 7.25. The Morgan fingerprint density at radius 1 is 0.800 bits per heavy atom. The van der Waals surface area contributed by atoms with Gasteiger partial charge >= 0.3 is 6.18 Å². The highest BCUT2D eigenvalue weighted by molar-refractivity contribution is 7.97. The zero-order valence-electron chi connectivity index (χ0n) is 23.5. The molecule has 2 aliphatic heterocycles. The summed E-state index contributed by atoms with van der Waals surface area (Å²) in [6.07, 6.45) is -1.15. The molecule has 1 saturated heterocycles. The van der Waals surface area contributed by atoms with Crippen LogP contribution in [0.5, 0.6) is 0 Å². The largest absolute Gasteiger partial charge is 0.390 e. The van der Waals surface area contributed by atoms with Gasteiger partial charge in [-0.05, 0) is 98.2 Å². The van der Waals surface area contributed by atoms with E-state index in [2.05, 4.69) is 54.2 Å². The molecule has 4 rings (SSSR count). The van der Waals surface area contributed by atoms with Crippen LogP contribution in [0.15, 0.2) is 47.4 Å². The Bertz CT molecular complexity index is 1060. The molecule has 11 heteroatoms. The van der Waals surface area contributed by atoms with E-state index in [1.807, 2.05) is 25.1 Å². The van der Waals surface area contributed by atoms with Crippen molar-refractivity contribution in [3.63, 3.8) is 0 Å². The highest BCUT2D eigenvalue weighted by Gasteiger charge is 2.28. The predicted molar refractivity (Wildman–Crippen MR) is 164 cm³/mol. The Kier molecular flexibility index (Phi) is 12.2. The molecule has 0 aromatic heterocycles. The molecule has 0 atom stereocenters. The van der Waals surface area contributed by atoms with E-state index in [1.165, 1.54) is 16.0 Å². The highest BCUT2D eigenvalue weighted by atomic mass is 35.5. The molecule has 1 fully saturated rings. The summed E-state index contributed by atoms with van der Waals surface area (Å²) in [6, 6.07) is 14.7. The minimum absolute atomic E-state index is 0.0707. The van der Waals surface area contributed by atoms with E-state index >= 15 is 0 Å². The van der Waals surface area contributed by atoms with Crippen LogP contribution in [0.4, 0.5) is 18.9 Å². The number of hydrogen-bond donors (Lipinski definition) is 0. The lowest BCUT2D eigenvalue weighted by atomic mass is 10.0. The summed E-state index contributed by atoms with van der Waals surface area (Å²) in [5, 5.41) is 0.786. The quantitative estimate of drug-likeness (QED) is 0.306. The van der Waals surface area contributed by atoms with Crippen LogP contribution in [0.2, 0.25) is 5.02 Å². The molecule has 222 valence electrons. The molecular weight excluding hydrogens is 575 g/mol. The van der Waals surface area contributed by atoms with Gasteiger partial charge in [0.2, 0.25) is 0 Å². The van der Waals surface area contributed by atoms with E-state index in [0.29, 0.717) is 13.1 Å². The summed E-state index contributed by atoms with van der Waals surface area (Å²) in [5.74, 6) is 0. The van der Waals surface area contributed by atoms with Gasteiger partial charge in [-0.3, -0.25) is 0 Å². The van der Waals surface area contributed by atoms with Gasteiger partial charge in [0.1, 0.15) is 0 Å². The molecule has 2 heterocycles. The summed E-state index contributed by atoms with van der Waals surface area (Å²) < 4.78 is 46.3. The second kappa shape index (κ2) is 15.4. The van der Waals surface area contributed by atoms with E-state index in [-0.39, 0.29) is 6.54 Å². The van der Waals surface area contributed by atoms with Gasteiger partial charge in [-0.15, -0.1) is 0 Å². The number of hydrogen-bond acceptors (Lipinski definition) is 7. The second-order valence-electron chi connectivity index (χ2n) is 10.7. The molecule has 2 aromatic carbocycles. The fraction of sp³-hybridized carbons (Fsp3) is 0.586. The third kappa shape index (κ3) is 10.6. The molecule has 0 spiro atoms. The Balaban J connectivity index is 1.39. The van der Waals surface area contributed by atoms with Crippen LogP contribution in [0.25, 0.3) is 0 Å². The van der Waals surface area contributed by atoms with Crippen molar-refractivity contribution in [3.8, 4) is 0 Å². The molecule has 0 N–H and O–H groups in total. The maximum Gasteiger partial charge on any atom is 0.390 e.